The van der Waals surface area contributed by atoms with E-state index in [1.165, 1.54) is 0 Å². The molecule has 0 saturated heterocycles. The molecule has 1 fully saturated rings. The molecule has 3 atom stereocenters. The Morgan fingerprint density at radius 3 is 2.71 bits per heavy atom. The zero-order chi connectivity index (χ0) is 12.8. The minimum Gasteiger partial charge on any atom is -0.481 e. The van der Waals surface area contributed by atoms with Crippen LogP contribution in [0, 0.1) is 11.8 Å². The maximum absolute atomic E-state index is 11.7. The van der Waals surface area contributed by atoms with Gasteiger partial charge in [0.05, 0.1) is 11.8 Å². The molecule has 1 amide bonds. The monoisotopic (exact) mass is 242 g/mol. The molecule has 1 aliphatic carbocycles. The number of nitrogens with one attached hydrogen (secondary N) is 1. The van der Waals surface area contributed by atoms with Gasteiger partial charge in [0, 0.05) is 12.6 Å². The largest absolute Gasteiger partial charge is 0.481 e. The highest BCUT2D eigenvalue weighted by Crippen LogP contribution is 2.23. The molecule has 17 heavy (non-hydrogen) atoms. The van der Waals surface area contributed by atoms with E-state index in [2.05, 4.69) is 5.32 Å². The number of carbonyl (C=O) groups is 2. The van der Waals surface area contributed by atoms with Gasteiger partial charge in [-0.2, -0.15) is 0 Å². The van der Waals surface area contributed by atoms with E-state index in [4.69, 9.17) is 10.8 Å². The second-order valence-electron chi connectivity index (χ2n) is 4.87. The first kappa shape index (κ1) is 14.0. The van der Waals surface area contributed by atoms with Gasteiger partial charge in [0.15, 0.2) is 0 Å². The van der Waals surface area contributed by atoms with Crippen molar-refractivity contribution in [2.75, 3.05) is 6.54 Å². The van der Waals surface area contributed by atoms with E-state index in [9.17, 15) is 9.59 Å². The van der Waals surface area contributed by atoms with Crippen LogP contribution in [0.4, 0.5) is 0 Å². The van der Waals surface area contributed by atoms with E-state index < -0.39 is 5.97 Å². The third kappa shape index (κ3) is 4.34. The van der Waals surface area contributed by atoms with Crippen molar-refractivity contribution in [2.45, 2.75) is 45.1 Å². The predicted octanol–water partition coefficient (Wildman–Crippen LogP) is 0.731. The van der Waals surface area contributed by atoms with Gasteiger partial charge in [0.2, 0.25) is 5.91 Å². The van der Waals surface area contributed by atoms with Crippen molar-refractivity contribution in [3.63, 3.8) is 0 Å². The summed E-state index contributed by atoms with van der Waals surface area (Å²) < 4.78 is 0. The molecule has 1 saturated carbocycles. The highest BCUT2D eigenvalue weighted by atomic mass is 16.4. The topological polar surface area (TPSA) is 92.4 Å². The molecule has 5 nitrogen and oxygen atoms in total. The van der Waals surface area contributed by atoms with Crippen LogP contribution in [0.2, 0.25) is 0 Å². The molecule has 0 aromatic heterocycles. The standard InChI is InChI=1S/C12H22N2O3/c1-8(12(16)17)4-3-7-14-11(15)9-5-2-6-10(9)13/h8-10H,2-7,13H2,1H3,(H,14,15)(H,16,17). The Morgan fingerprint density at radius 1 is 1.47 bits per heavy atom. The van der Waals surface area contributed by atoms with Gasteiger partial charge in [0.1, 0.15) is 0 Å². The Hall–Kier alpha value is -1.10. The van der Waals surface area contributed by atoms with Gasteiger partial charge in [-0.25, -0.2) is 0 Å². The number of hydrogen-bond acceptors (Lipinski definition) is 3. The molecule has 0 aromatic carbocycles. The zero-order valence-electron chi connectivity index (χ0n) is 10.3. The smallest absolute Gasteiger partial charge is 0.306 e. The van der Waals surface area contributed by atoms with E-state index in [1.807, 2.05) is 0 Å². The van der Waals surface area contributed by atoms with Gasteiger partial charge < -0.3 is 16.2 Å². The van der Waals surface area contributed by atoms with Crippen LogP contribution in [0.25, 0.3) is 0 Å². The summed E-state index contributed by atoms with van der Waals surface area (Å²) in [5.74, 6) is -1.15. The highest BCUT2D eigenvalue weighted by Gasteiger charge is 2.29. The van der Waals surface area contributed by atoms with E-state index in [1.54, 1.807) is 6.92 Å². The first-order chi connectivity index (χ1) is 8.02. The third-order valence-electron chi connectivity index (χ3n) is 3.44. The van der Waals surface area contributed by atoms with Crippen LogP contribution < -0.4 is 11.1 Å². The van der Waals surface area contributed by atoms with Gasteiger partial charge >= 0.3 is 5.97 Å². The average molecular weight is 242 g/mol. The van der Waals surface area contributed by atoms with Gasteiger partial charge in [-0.1, -0.05) is 13.3 Å². The molecule has 1 rings (SSSR count). The van der Waals surface area contributed by atoms with Gasteiger partial charge in [-0.3, -0.25) is 9.59 Å². The van der Waals surface area contributed by atoms with E-state index in [-0.39, 0.29) is 23.8 Å². The Balaban J connectivity index is 2.14. The Morgan fingerprint density at radius 2 is 2.18 bits per heavy atom. The third-order valence-corrected chi connectivity index (χ3v) is 3.44. The number of carbonyl (C=O) groups excluding carboxylic acids is 1. The summed E-state index contributed by atoms with van der Waals surface area (Å²) in [7, 11) is 0. The van der Waals surface area contributed by atoms with Gasteiger partial charge in [0.25, 0.3) is 0 Å². The minimum absolute atomic E-state index is 0.00653. The van der Waals surface area contributed by atoms with Crippen LogP contribution in [-0.2, 0) is 9.59 Å². The molecule has 0 aliphatic heterocycles. The number of aliphatic carboxylic acids is 1. The van der Waals surface area contributed by atoms with Crippen LogP contribution in [-0.4, -0.2) is 29.6 Å². The molecule has 4 N–H and O–H groups in total. The molecule has 0 bridgehead atoms. The second-order valence-corrected chi connectivity index (χ2v) is 4.87. The molecular weight excluding hydrogens is 220 g/mol. The fourth-order valence-corrected chi connectivity index (χ4v) is 2.19. The second kappa shape index (κ2) is 6.59. The molecule has 3 unspecified atom stereocenters. The Bertz CT molecular complexity index is 281. The Kier molecular flexibility index (Phi) is 5.41. The molecule has 5 heteroatoms. The summed E-state index contributed by atoms with van der Waals surface area (Å²) in [6.07, 6.45) is 4.11. The van der Waals surface area contributed by atoms with Crippen molar-refractivity contribution in [1.29, 1.82) is 0 Å². The lowest BCUT2D eigenvalue weighted by atomic mass is 10.0. The first-order valence-electron chi connectivity index (χ1n) is 6.28. The van der Waals surface area contributed by atoms with Crippen LogP contribution in [0.1, 0.15) is 39.0 Å². The maximum Gasteiger partial charge on any atom is 0.306 e. The number of nitrogens with two attached hydrogens (primary N) is 1. The lowest BCUT2D eigenvalue weighted by Gasteiger charge is -2.15. The minimum atomic E-state index is -0.783. The number of hydrogen-bond donors (Lipinski definition) is 3. The molecule has 1 aliphatic rings. The fraction of sp³-hybridized carbons (Fsp3) is 0.833. The summed E-state index contributed by atoms with van der Waals surface area (Å²) >= 11 is 0. The summed E-state index contributed by atoms with van der Waals surface area (Å²) in [5.41, 5.74) is 5.83. The van der Waals surface area contributed by atoms with Crippen molar-refractivity contribution in [2.24, 2.45) is 17.6 Å². The molecule has 0 spiro atoms. The highest BCUT2D eigenvalue weighted by molar-refractivity contribution is 5.79. The summed E-state index contributed by atoms with van der Waals surface area (Å²) in [6.45, 7) is 2.22. The molecule has 0 radical (unpaired) electrons. The quantitative estimate of drug-likeness (QED) is 0.599. The average Bonchev–Trinajstić information content (AvgIpc) is 2.70. The lowest BCUT2D eigenvalue weighted by Crippen LogP contribution is -2.39. The van der Waals surface area contributed by atoms with Crippen molar-refractivity contribution in [3.8, 4) is 0 Å². The van der Waals surface area contributed by atoms with E-state index >= 15 is 0 Å². The summed E-state index contributed by atoms with van der Waals surface area (Å²) in [5, 5.41) is 11.5. The summed E-state index contributed by atoms with van der Waals surface area (Å²) in [4.78, 5) is 22.3. The number of carboxylic acids is 1. The van der Waals surface area contributed by atoms with Crippen molar-refractivity contribution in [3.05, 3.63) is 0 Å². The van der Waals surface area contributed by atoms with Gasteiger partial charge in [-0.05, 0) is 25.7 Å². The molecule has 0 heterocycles. The normalized spacial score (nSPS) is 25.5. The van der Waals surface area contributed by atoms with Gasteiger partial charge in [-0.15, -0.1) is 0 Å². The molecular formula is C12H22N2O3. The SMILES string of the molecule is CC(CCCNC(=O)C1CCCC1N)C(=O)O. The van der Waals surface area contributed by atoms with Crippen LogP contribution >= 0.6 is 0 Å². The zero-order valence-corrected chi connectivity index (χ0v) is 10.3. The number of rotatable bonds is 6. The van der Waals surface area contributed by atoms with Crippen LogP contribution in [0.5, 0.6) is 0 Å². The van der Waals surface area contributed by atoms with Crippen molar-refractivity contribution >= 4 is 11.9 Å². The maximum atomic E-state index is 11.7. The first-order valence-corrected chi connectivity index (χ1v) is 6.28. The molecule has 0 aromatic rings. The van der Waals surface area contributed by atoms with Crippen molar-refractivity contribution in [1.82, 2.24) is 5.32 Å². The number of amides is 1. The predicted molar refractivity (Wildman–Crippen MR) is 64.4 cm³/mol. The lowest BCUT2D eigenvalue weighted by molar-refractivity contribution is -0.141. The van der Waals surface area contributed by atoms with E-state index in [0.717, 1.165) is 19.3 Å². The van der Waals surface area contributed by atoms with Crippen LogP contribution in [0.15, 0.2) is 0 Å². The van der Waals surface area contributed by atoms with Crippen molar-refractivity contribution < 1.29 is 14.7 Å². The molecule has 98 valence electrons. The fourth-order valence-electron chi connectivity index (χ4n) is 2.19. The van der Waals surface area contributed by atoms with Crippen LogP contribution in [0.3, 0.4) is 0 Å². The summed E-state index contributed by atoms with van der Waals surface area (Å²) in [6, 6.07) is -0.00653. The van der Waals surface area contributed by atoms with E-state index in [0.29, 0.717) is 19.4 Å². The Labute approximate surface area is 102 Å². The number of carboxylic acid groups (broad SMARTS) is 1.